The average Bonchev–Trinajstić information content (AvgIpc) is 2.82. The molecule has 1 aromatic heterocycles. The highest BCUT2D eigenvalue weighted by Crippen LogP contribution is 2.25. The number of sulfonamides is 1. The van der Waals surface area contributed by atoms with Gasteiger partial charge in [-0.3, -0.25) is 0 Å². The number of furan rings is 1. The van der Waals surface area contributed by atoms with E-state index in [0.717, 1.165) is 31.7 Å². The van der Waals surface area contributed by atoms with Gasteiger partial charge in [0.15, 0.2) is 0 Å². The molecule has 0 spiro atoms. The quantitative estimate of drug-likeness (QED) is 0.880. The van der Waals surface area contributed by atoms with Crippen LogP contribution in [0.2, 0.25) is 0 Å². The molecular formula is C12H17NO5S. The Bertz CT molecular complexity index is 562. The molecule has 0 amide bonds. The molecule has 6 nitrogen and oxygen atoms in total. The van der Waals surface area contributed by atoms with Crippen LogP contribution >= 0.6 is 0 Å². The molecule has 0 bridgehead atoms. The monoisotopic (exact) mass is 287 g/mol. The van der Waals surface area contributed by atoms with Crippen molar-refractivity contribution >= 4 is 16.0 Å². The molecule has 1 fully saturated rings. The van der Waals surface area contributed by atoms with Crippen molar-refractivity contribution in [3.8, 4) is 0 Å². The third-order valence-electron chi connectivity index (χ3n) is 3.47. The first-order chi connectivity index (χ1) is 8.90. The summed E-state index contributed by atoms with van der Waals surface area (Å²) in [6, 6.07) is 2.19. The van der Waals surface area contributed by atoms with Gasteiger partial charge in [0.1, 0.15) is 0 Å². The van der Waals surface area contributed by atoms with Gasteiger partial charge in [0.05, 0.1) is 0 Å². The summed E-state index contributed by atoms with van der Waals surface area (Å²) in [6.07, 6.45) is 3.90. The highest BCUT2D eigenvalue weighted by atomic mass is 32.2. The lowest BCUT2D eigenvalue weighted by molar-refractivity contribution is 0.0656. The molecule has 1 aromatic rings. The largest absolute Gasteiger partial charge is 0.475 e. The Balaban J connectivity index is 2.15. The van der Waals surface area contributed by atoms with Crippen LogP contribution in [0.3, 0.4) is 0 Å². The molecule has 19 heavy (non-hydrogen) atoms. The molecule has 0 radical (unpaired) electrons. The van der Waals surface area contributed by atoms with E-state index < -0.39 is 16.0 Å². The molecule has 0 aliphatic heterocycles. The fourth-order valence-electron chi connectivity index (χ4n) is 2.33. The van der Waals surface area contributed by atoms with E-state index in [0.29, 0.717) is 0 Å². The Morgan fingerprint density at radius 2 is 2.05 bits per heavy atom. The standard InChI is InChI=1S/C12H17NO5S/c1-8-4-2-3-5-9(8)13-19(16,17)11-7-6-10(18-11)12(14)15/h6-9,13H,2-5H2,1H3,(H,14,15). The van der Waals surface area contributed by atoms with Crippen LogP contribution in [0.25, 0.3) is 0 Å². The van der Waals surface area contributed by atoms with Gasteiger partial charge < -0.3 is 9.52 Å². The second-order valence-electron chi connectivity index (χ2n) is 4.91. The molecule has 0 aromatic carbocycles. The van der Waals surface area contributed by atoms with Crippen molar-refractivity contribution in [1.29, 1.82) is 0 Å². The summed E-state index contributed by atoms with van der Waals surface area (Å²) >= 11 is 0. The van der Waals surface area contributed by atoms with E-state index >= 15 is 0 Å². The van der Waals surface area contributed by atoms with Crippen molar-refractivity contribution in [3.05, 3.63) is 17.9 Å². The van der Waals surface area contributed by atoms with E-state index in [2.05, 4.69) is 4.72 Å². The first-order valence-corrected chi connectivity index (χ1v) is 7.74. The van der Waals surface area contributed by atoms with Crippen molar-refractivity contribution in [1.82, 2.24) is 4.72 Å². The minimum Gasteiger partial charge on any atom is -0.475 e. The number of hydrogen-bond donors (Lipinski definition) is 2. The number of carbonyl (C=O) groups is 1. The van der Waals surface area contributed by atoms with Crippen molar-refractivity contribution in [2.45, 2.75) is 43.7 Å². The van der Waals surface area contributed by atoms with Crippen LogP contribution in [0.15, 0.2) is 21.6 Å². The van der Waals surface area contributed by atoms with Gasteiger partial charge in [-0.05, 0) is 30.9 Å². The zero-order valence-corrected chi connectivity index (χ0v) is 11.4. The molecular weight excluding hydrogens is 270 g/mol. The van der Waals surface area contributed by atoms with Crippen molar-refractivity contribution in [2.75, 3.05) is 0 Å². The SMILES string of the molecule is CC1CCCCC1NS(=O)(=O)c1ccc(C(=O)O)o1. The topological polar surface area (TPSA) is 96.6 Å². The highest BCUT2D eigenvalue weighted by Gasteiger charge is 2.29. The summed E-state index contributed by atoms with van der Waals surface area (Å²) in [5, 5.41) is 8.37. The van der Waals surface area contributed by atoms with Crippen LogP contribution < -0.4 is 4.72 Å². The maximum Gasteiger partial charge on any atom is 0.371 e. The summed E-state index contributed by atoms with van der Waals surface area (Å²) in [7, 11) is -3.79. The van der Waals surface area contributed by atoms with E-state index in [4.69, 9.17) is 9.52 Å². The Kier molecular flexibility index (Phi) is 3.96. The number of aromatic carboxylic acids is 1. The van der Waals surface area contributed by atoms with Crippen LogP contribution in [0.4, 0.5) is 0 Å². The normalized spacial score (nSPS) is 24.3. The van der Waals surface area contributed by atoms with Crippen molar-refractivity contribution in [2.24, 2.45) is 5.92 Å². The van der Waals surface area contributed by atoms with Gasteiger partial charge in [-0.1, -0.05) is 19.8 Å². The number of hydrogen-bond acceptors (Lipinski definition) is 4. The zero-order valence-electron chi connectivity index (χ0n) is 10.6. The van der Waals surface area contributed by atoms with Gasteiger partial charge in [0, 0.05) is 6.04 Å². The summed E-state index contributed by atoms with van der Waals surface area (Å²) in [4.78, 5) is 10.7. The average molecular weight is 287 g/mol. The number of carboxylic acid groups (broad SMARTS) is 1. The van der Waals surface area contributed by atoms with Gasteiger partial charge in [0.25, 0.3) is 10.0 Å². The Morgan fingerprint density at radius 1 is 1.37 bits per heavy atom. The van der Waals surface area contributed by atoms with Crippen LogP contribution in [-0.2, 0) is 10.0 Å². The first-order valence-electron chi connectivity index (χ1n) is 6.25. The molecule has 1 aliphatic carbocycles. The van der Waals surface area contributed by atoms with E-state index in [1.165, 1.54) is 6.07 Å². The van der Waals surface area contributed by atoms with Gasteiger partial charge in [-0.15, -0.1) is 0 Å². The second kappa shape index (κ2) is 5.34. The summed E-state index contributed by atoms with van der Waals surface area (Å²) in [6.45, 7) is 2.01. The van der Waals surface area contributed by atoms with Crippen molar-refractivity contribution < 1.29 is 22.7 Å². The molecule has 1 heterocycles. The van der Waals surface area contributed by atoms with Gasteiger partial charge >= 0.3 is 5.97 Å². The molecule has 2 atom stereocenters. The lowest BCUT2D eigenvalue weighted by Gasteiger charge is -2.28. The fourth-order valence-corrected chi connectivity index (χ4v) is 3.64. The van der Waals surface area contributed by atoms with E-state index in [9.17, 15) is 13.2 Å². The van der Waals surface area contributed by atoms with Crippen LogP contribution in [0.1, 0.15) is 43.2 Å². The van der Waals surface area contributed by atoms with Gasteiger partial charge in [-0.25, -0.2) is 17.9 Å². The fraction of sp³-hybridized carbons (Fsp3) is 0.583. The number of nitrogens with one attached hydrogen (secondary N) is 1. The predicted molar refractivity (Wildman–Crippen MR) is 67.4 cm³/mol. The van der Waals surface area contributed by atoms with Crippen LogP contribution in [0.5, 0.6) is 0 Å². The van der Waals surface area contributed by atoms with Crippen molar-refractivity contribution in [3.63, 3.8) is 0 Å². The summed E-state index contributed by atoms with van der Waals surface area (Å²) in [5.41, 5.74) is 0. The molecule has 2 N–H and O–H groups in total. The zero-order chi connectivity index (χ0) is 14.0. The maximum absolute atomic E-state index is 12.1. The summed E-state index contributed by atoms with van der Waals surface area (Å²) in [5.74, 6) is -1.39. The Morgan fingerprint density at radius 3 is 2.63 bits per heavy atom. The third kappa shape index (κ3) is 3.16. The number of rotatable bonds is 4. The second-order valence-corrected chi connectivity index (χ2v) is 6.56. The van der Waals surface area contributed by atoms with E-state index in [1.54, 1.807) is 0 Å². The minimum absolute atomic E-state index is 0.114. The Labute approximate surface area is 111 Å². The lowest BCUT2D eigenvalue weighted by Crippen LogP contribution is -2.40. The molecule has 2 unspecified atom stereocenters. The first kappa shape index (κ1) is 14.1. The Hall–Kier alpha value is -1.34. The predicted octanol–water partition coefficient (Wildman–Crippen LogP) is 1.83. The van der Waals surface area contributed by atoms with Crippen LogP contribution in [0, 0.1) is 5.92 Å². The molecule has 1 saturated carbocycles. The van der Waals surface area contributed by atoms with E-state index in [1.807, 2.05) is 6.92 Å². The molecule has 0 saturated heterocycles. The third-order valence-corrected chi connectivity index (χ3v) is 4.84. The maximum atomic E-state index is 12.1. The van der Waals surface area contributed by atoms with Gasteiger partial charge in [-0.2, -0.15) is 0 Å². The highest BCUT2D eigenvalue weighted by molar-refractivity contribution is 7.89. The van der Waals surface area contributed by atoms with Crippen LogP contribution in [-0.4, -0.2) is 25.5 Å². The summed E-state index contributed by atoms with van der Waals surface area (Å²) < 4.78 is 31.6. The molecule has 2 rings (SSSR count). The lowest BCUT2D eigenvalue weighted by atomic mass is 9.87. The van der Waals surface area contributed by atoms with E-state index in [-0.39, 0.29) is 22.8 Å². The smallest absolute Gasteiger partial charge is 0.371 e. The molecule has 1 aliphatic rings. The van der Waals surface area contributed by atoms with Gasteiger partial charge in [0.2, 0.25) is 10.9 Å². The molecule has 106 valence electrons. The minimum atomic E-state index is -3.79. The molecule has 7 heteroatoms. The number of carboxylic acids is 1.